The SMILES string of the molecule is CC(=O)Nc1ccc(/C=N\NC(=S)N/N=C/c2ccc(NC(C)=O)cc2)cc1. The zero-order chi connectivity index (χ0) is 20.4. The first-order valence-corrected chi connectivity index (χ1v) is 8.70. The minimum absolute atomic E-state index is 0.122. The number of nitrogens with zero attached hydrogens (tertiary/aromatic N) is 2. The maximum Gasteiger partial charge on any atom is 0.221 e. The van der Waals surface area contributed by atoms with Crippen molar-refractivity contribution < 1.29 is 9.59 Å². The van der Waals surface area contributed by atoms with Crippen LogP contribution in [0.5, 0.6) is 0 Å². The summed E-state index contributed by atoms with van der Waals surface area (Å²) < 4.78 is 0. The molecule has 0 aliphatic heterocycles. The summed E-state index contributed by atoms with van der Waals surface area (Å²) in [5.41, 5.74) is 8.42. The monoisotopic (exact) mass is 396 g/mol. The first kappa shape index (κ1) is 20.7. The molecule has 28 heavy (non-hydrogen) atoms. The number of thiocarbonyl (C=S) groups is 1. The van der Waals surface area contributed by atoms with Crippen LogP contribution in [0.3, 0.4) is 0 Å². The van der Waals surface area contributed by atoms with Gasteiger partial charge in [-0.3, -0.25) is 20.4 Å². The molecule has 8 nitrogen and oxygen atoms in total. The maximum atomic E-state index is 11.0. The van der Waals surface area contributed by atoms with Crippen molar-refractivity contribution in [3.8, 4) is 0 Å². The van der Waals surface area contributed by atoms with Gasteiger partial charge >= 0.3 is 0 Å². The van der Waals surface area contributed by atoms with Crippen LogP contribution in [0.1, 0.15) is 25.0 Å². The molecule has 2 aromatic carbocycles. The smallest absolute Gasteiger partial charge is 0.221 e. The van der Waals surface area contributed by atoms with E-state index in [1.807, 2.05) is 24.3 Å². The summed E-state index contributed by atoms with van der Waals surface area (Å²) in [6, 6.07) is 14.4. The van der Waals surface area contributed by atoms with Gasteiger partial charge in [0.15, 0.2) is 0 Å². The van der Waals surface area contributed by atoms with E-state index >= 15 is 0 Å². The molecule has 144 valence electrons. The fourth-order valence-electron chi connectivity index (χ4n) is 2.07. The molecule has 0 bridgehead atoms. The number of benzene rings is 2. The second-order valence-electron chi connectivity index (χ2n) is 5.68. The lowest BCUT2D eigenvalue weighted by atomic mass is 10.2. The fraction of sp³-hybridized carbons (Fsp3) is 0.105. The number of amides is 2. The Labute approximate surface area is 168 Å². The largest absolute Gasteiger partial charge is 0.326 e. The molecule has 0 saturated carbocycles. The molecule has 0 unspecified atom stereocenters. The van der Waals surface area contributed by atoms with E-state index < -0.39 is 0 Å². The standard InChI is InChI=1S/C19H20N6O2S/c1-13(26)22-17-7-3-15(4-8-17)11-20-24-19(28)25-21-12-16-5-9-18(10-6-16)23-14(2)27/h3-12H,1-2H3,(H,22,26)(H,23,27)(H2,24,25,28)/b20-11-,21-12+. The van der Waals surface area contributed by atoms with E-state index in [1.54, 1.807) is 36.7 Å². The number of hydrogen-bond donors (Lipinski definition) is 4. The summed E-state index contributed by atoms with van der Waals surface area (Å²) in [7, 11) is 0. The van der Waals surface area contributed by atoms with Gasteiger partial charge in [-0.2, -0.15) is 10.2 Å². The molecular formula is C19H20N6O2S. The van der Waals surface area contributed by atoms with E-state index in [-0.39, 0.29) is 16.9 Å². The van der Waals surface area contributed by atoms with Crippen molar-refractivity contribution in [1.82, 2.24) is 10.9 Å². The van der Waals surface area contributed by atoms with Gasteiger partial charge in [-0.05, 0) is 47.6 Å². The van der Waals surface area contributed by atoms with Crippen molar-refractivity contribution in [2.45, 2.75) is 13.8 Å². The summed E-state index contributed by atoms with van der Waals surface area (Å²) in [5.74, 6) is -0.243. The molecule has 0 aliphatic rings. The number of carbonyl (C=O) groups is 2. The van der Waals surface area contributed by atoms with Crippen LogP contribution < -0.4 is 21.5 Å². The Bertz CT molecular complexity index is 818. The Balaban J connectivity index is 1.77. The fourth-order valence-corrected chi connectivity index (χ4v) is 2.17. The van der Waals surface area contributed by atoms with E-state index in [0.29, 0.717) is 11.4 Å². The van der Waals surface area contributed by atoms with Crippen molar-refractivity contribution in [3.05, 3.63) is 59.7 Å². The van der Waals surface area contributed by atoms with Crippen molar-refractivity contribution in [2.24, 2.45) is 10.2 Å². The van der Waals surface area contributed by atoms with Crippen LogP contribution in [-0.4, -0.2) is 29.4 Å². The molecule has 0 atom stereocenters. The molecule has 0 saturated heterocycles. The van der Waals surface area contributed by atoms with E-state index in [0.717, 1.165) is 11.1 Å². The van der Waals surface area contributed by atoms with E-state index in [4.69, 9.17) is 12.2 Å². The van der Waals surface area contributed by atoms with Crippen LogP contribution in [0, 0.1) is 0 Å². The van der Waals surface area contributed by atoms with Crippen LogP contribution in [0.4, 0.5) is 11.4 Å². The second-order valence-corrected chi connectivity index (χ2v) is 6.08. The Morgan fingerprint density at radius 3 is 1.43 bits per heavy atom. The second kappa shape index (κ2) is 10.5. The maximum absolute atomic E-state index is 11.0. The molecule has 0 spiro atoms. The minimum Gasteiger partial charge on any atom is -0.326 e. The Kier molecular flexibility index (Phi) is 7.79. The van der Waals surface area contributed by atoms with Crippen LogP contribution >= 0.6 is 12.2 Å². The molecule has 0 aromatic heterocycles. The average molecular weight is 396 g/mol. The molecule has 0 radical (unpaired) electrons. The van der Waals surface area contributed by atoms with E-state index in [2.05, 4.69) is 31.7 Å². The molecule has 0 heterocycles. The normalized spacial score (nSPS) is 10.6. The highest BCUT2D eigenvalue weighted by Gasteiger charge is 1.96. The van der Waals surface area contributed by atoms with Crippen molar-refractivity contribution in [2.75, 3.05) is 10.6 Å². The number of hydrazone groups is 2. The third-order valence-electron chi connectivity index (χ3n) is 3.22. The number of rotatable bonds is 6. The average Bonchev–Trinajstić information content (AvgIpc) is 2.64. The van der Waals surface area contributed by atoms with Crippen molar-refractivity contribution in [3.63, 3.8) is 0 Å². The lowest BCUT2D eigenvalue weighted by Gasteiger charge is -2.03. The van der Waals surface area contributed by atoms with Gasteiger partial charge in [-0.25, -0.2) is 0 Å². The zero-order valence-corrected chi connectivity index (χ0v) is 16.2. The predicted octanol–water partition coefficient (Wildman–Crippen LogP) is 2.44. The van der Waals surface area contributed by atoms with E-state index in [9.17, 15) is 9.59 Å². The first-order chi connectivity index (χ1) is 13.4. The number of nitrogens with one attached hydrogen (secondary N) is 4. The lowest BCUT2D eigenvalue weighted by molar-refractivity contribution is -0.115. The van der Waals surface area contributed by atoms with Gasteiger partial charge in [0.2, 0.25) is 16.9 Å². The highest BCUT2D eigenvalue weighted by atomic mass is 32.1. The Hall–Kier alpha value is -3.59. The third-order valence-corrected chi connectivity index (χ3v) is 3.40. The van der Waals surface area contributed by atoms with Gasteiger partial charge < -0.3 is 10.6 Å². The van der Waals surface area contributed by atoms with Crippen LogP contribution in [0.25, 0.3) is 0 Å². The van der Waals surface area contributed by atoms with Crippen LogP contribution in [0.15, 0.2) is 58.7 Å². The first-order valence-electron chi connectivity index (χ1n) is 8.30. The Morgan fingerprint density at radius 2 is 1.11 bits per heavy atom. The van der Waals surface area contributed by atoms with Gasteiger partial charge in [-0.1, -0.05) is 24.3 Å². The minimum atomic E-state index is -0.122. The molecule has 2 amide bonds. The van der Waals surface area contributed by atoms with Gasteiger partial charge in [0.25, 0.3) is 0 Å². The van der Waals surface area contributed by atoms with Crippen LogP contribution in [0.2, 0.25) is 0 Å². The summed E-state index contributed by atoms with van der Waals surface area (Å²) in [6.07, 6.45) is 3.19. The number of anilines is 2. The molecule has 0 fully saturated rings. The van der Waals surface area contributed by atoms with Gasteiger partial charge in [0.1, 0.15) is 0 Å². The molecule has 2 aromatic rings. The number of carbonyl (C=O) groups excluding carboxylic acids is 2. The van der Waals surface area contributed by atoms with Crippen LogP contribution in [-0.2, 0) is 9.59 Å². The lowest BCUT2D eigenvalue weighted by Crippen LogP contribution is -2.28. The van der Waals surface area contributed by atoms with Gasteiger partial charge in [0.05, 0.1) is 12.4 Å². The highest BCUT2D eigenvalue weighted by molar-refractivity contribution is 7.80. The van der Waals surface area contributed by atoms with Gasteiger partial charge in [0, 0.05) is 25.2 Å². The molecular weight excluding hydrogens is 376 g/mol. The quantitative estimate of drug-likeness (QED) is 0.341. The molecule has 2 rings (SSSR count). The molecule has 0 aliphatic carbocycles. The summed E-state index contributed by atoms with van der Waals surface area (Å²) in [5, 5.41) is 13.6. The summed E-state index contributed by atoms with van der Waals surface area (Å²) in [4.78, 5) is 22.0. The topological polar surface area (TPSA) is 107 Å². The number of hydrogen-bond acceptors (Lipinski definition) is 5. The molecule has 4 N–H and O–H groups in total. The van der Waals surface area contributed by atoms with Gasteiger partial charge in [-0.15, -0.1) is 0 Å². The molecule has 9 heteroatoms. The highest BCUT2D eigenvalue weighted by Crippen LogP contribution is 2.08. The zero-order valence-electron chi connectivity index (χ0n) is 15.4. The summed E-state index contributed by atoms with van der Waals surface area (Å²) in [6.45, 7) is 2.91. The summed E-state index contributed by atoms with van der Waals surface area (Å²) >= 11 is 5.08. The van der Waals surface area contributed by atoms with Crippen molar-refractivity contribution in [1.29, 1.82) is 0 Å². The third kappa shape index (κ3) is 7.75. The predicted molar refractivity (Wildman–Crippen MR) is 116 cm³/mol. The van der Waals surface area contributed by atoms with E-state index in [1.165, 1.54) is 13.8 Å². The Morgan fingerprint density at radius 1 is 0.750 bits per heavy atom. The van der Waals surface area contributed by atoms with Crippen molar-refractivity contribution >= 4 is 52.9 Å².